The summed E-state index contributed by atoms with van der Waals surface area (Å²) in [5.74, 6) is -0.366. The second-order valence-electron chi connectivity index (χ2n) is 3.64. The van der Waals surface area contributed by atoms with Gasteiger partial charge in [-0.25, -0.2) is 0 Å². The first-order chi connectivity index (χ1) is 8.82. The minimum Gasteiger partial charge on any atom is -0.505 e. The maximum atomic E-state index is 9.66. The van der Waals surface area contributed by atoms with Crippen LogP contribution in [0.2, 0.25) is 30.1 Å². The molecular formula is C12H4Cl6O. The van der Waals surface area contributed by atoms with E-state index < -0.39 is 0 Å². The number of benzene rings is 2. The Labute approximate surface area is 139 Å². The zero-order valence-electron chi connectivity index (χ0n) is 8.95. The molecule has 0 aliphatic rings. The van der Waals surface area contributed by atoms with Gasteiger partial charge in [0.15, 0.2) is 5.75 Å². The van der Waals surface area contributed by atoms with Crippen LogP contribution in [0.15, 0.2) is 18.2 Å². The van der Waals surface area contributed by atoms with E-state index in [4.69, 9.17) is 69.6 Å². The molecule has 0 heterocycles. The standard InChI is InChI=1S/C12H4Cl6O/c13-5-1-4(2-6(14)3-5)7-8(15)10(17)12(19)11(18)9(7)16/h1-3,19H. The molecule has 100 valence electrons. The monoisotopic (exact) mass is 374 g/mol. The molecule has 19 heavy (non-hydrogen) atoms. The lowest BCUT2D eigenvalue weighted by Gasteiger charge is -2.13. The fourth-order valence-electron chi connectivity index (χ4n) is 1.57. The van der Waals surface area contributed by atoms with Crippen LogP contribution in [-0.2, 0) is 0 Å². The van der Waals surface area contributed by atoms with Crippen molar-refractivity contribution in [2.24, 2.45) is 0 Å². The molecule has 0 aromatic heterocycles. The first-order valence-corrected chi connectivity index (χ1v) is 7.11. The molecule has 0 amide bonds. The molecule has 0 spiro atoms. The molecule has 0 saturated carbocycles. The second-order valence-corrected chi connectivity index (χ2v) is 6.02. The fraction of sp³-hybridized carbons (Fsp3) is 0. The highest BCUT2D eigenvalue weighted by molar-refractivity contribution is 6.51. The quantitative estimate of drug-likeness (QED) is 0.532. The maximum Gasteiger partial charge on any atom is 0.155 e. The lowest BCUT2D eigenvalue weighted by molar-refractivity contribution is 0.476. The maximum absolute atomic E-state index is 9.66. The van der Waals surface area contributed by atoms with Gasteiger partial charge < -0.3 is 5.11 Å². The van der Waals surface area contributed by atoms with Gasteiger partial charge in [-0.3, -0.25) is 0 Å². The SMILES string of the molecule is Oc1c(Cl)c(Cl)c(-c2cc(Cl)cc(Cl)c2)c(Cl)c1Cl. The van der Waals surface area contributed by atoms with Gasteiger partial charge in [-0.05, 0) is 23.8 Å². The summed E-state index contributed by atoms with van der Waals surface area (Å²) in [6, 6.07) is 4.80. The van der Waals surface area contributed by atoms with E-state index in [-0.39, 0.29) is 25.8 Å². The summed E-state index contributed by atoms with van der Waals surface area (Å²) in [4.78, 5) is 0. The molecule has 0 bridgehead atoms. The van der Waals surface area contributed by atoms with Crippen molar-refractivity contribution in [1.29, 1.82) is 0 Å². The molecule has 1 N–H and O–H groups in total. The summed E-state index contributed by atoms with van der Waals surface area (Å²) in [5.41, 5.74) is 0.914. The zero-order chi connectivity index (χ0) is 14.3. The Morgan fingerprint density at radius 3 is 1.47 bits per heavy atom. The van der Waals surface area contributed by atoms with E-state index in [1.165, 1.54) is 0 Å². The Morgan fingerprint density at radius 1 is 0.632 bits per heavy atom. The number of aromatic hydroxyl groups is 1. The van der Waals surface area contributed by atoms with Crippen LogP contribution in [-0.4, -0.2) is 5.11 Å². The largest absolute Gasteiger partial charge is 0.505 e. The van der Waals surface area contributed by atoms with Crippen LogP contribution in [0.1, 0.15) is 0 Å². The first kappa shape index (κ1) is 15.4. The molecule has 7 heteroatoms. The van der Waals surface area contributed by atoms with Crippen molar-refractivity contribution in [2.45, 2.75) is 0 Å². The van der Waals surface area contributed by atoms with Crippen LogP contribution in [0.3, 0.4) is 0 Å². The first-order valence-electron chi connectivity index (χ1n) is 4.84. The number of rotatable bonds is 1. The Kier molecular flexibility index (Phi) is 4.67. The zero-order valence-corrected chi connectivity index (χ0v) is 13.5. The van der Waals surface area contributed by atoms with Crippen molar-refractivity contribution in [3.05, 3.63) is 48.3 Å². The Balaban J connectivity index is 2.82. The Bertz CT molecular complexity index is 618. The van der Waals surface area contributed by atoms with Gasteiger partial charge in [0, 0.05) is 15.6 Å². The minimum atomic E-state index is -0.366. The summed E-state index contributed by atoms with van der Waals surface area (Å²) in [5, 5.41) is 10.5. The van der Waals surface area contributed by atoms with E-state index in [1.54, 1.807) is 18.2 Å². The van der Waals surface area contributed by atoms with Gasteiger partial charge in [-0.2, -0.15) is 0 Å². The number of hydrogen-bond acceptors (Lipinski definition) is 1. The predicted molar refractivity (Wildman–Crippen MR) is 83.6 cm³/mol. The van der Waals surface area contributed by atoms with Gasteiger partial charge in [0.2, 0.25) is 0 Å². The normalized spacial score (nSPS) is 10.8. The summed E-state index contributed by atoms with van der Waals surface area (Å²) >= 11 is 35.8. The van der Waals surface area contributed by atoms with Gasteiger partial charge in [-0.1, -0.05) is 69.6 Å². The molecule has 2 rings (SSSR count). The van der Waals surface area contributed by atoms with Crippen LogP contribution >= 0.6 is 69.6 Å². The molecule has 2 aromatic rings. The van der Waals surface area contributed by atoms with E-state index >= 15 is 0 Å². The number of halogens is 6. The third kappa shape index (κ3) is 2.87. The molecular weight excluding hydrogens is 373 g/mol. The van der Waals surface area contributed by atoms with Crippen molar-refractivity contribution >= 4 is 69.6 Å². The van der Waals surface area contributed by atoms with Crippen LogP contribution in [0.25, 0.3) is 11.1 Å². The van der Waals surface area contributed by atoms with Gasteiger partial charge in [0.25, 0.3) is 0 Å². The summed E-state index contributed by atoms with van der Waals surface area (Å²) in [6.07, 6.45) is 0. The van der Waals surface area contributed by atoms with Crippen molar-refractivity contribution in [1.82, 2.24) is 0 Å². The van der Waals surface area contributed by atoms with Gasteiger partial charge in [0.05, 0.1) is 10.0 Å². The third-order valence-corrected chi connectivity index (χ3v) is 4.51. The van der Waals surface area contributed by atoms with E-state index in [9.17, 15) is 5.11 Å². The third-order valence-electron chi connectivity index (χ3n) is 2.39. The average Bonchev–Trinajstić information content (AvgIpc) is 2.33. The van der Waals surface area contributed by atoms with Gasteiger partial charge >= 0.3 is 0 Å². The van der Waals surface area contributed by atoms with Crippen molar-refractivity contribution in [2.75, 3.05) is 0 Å². The highest BCUT2D eigenvalue weighted by atomic mass is 35.5. The van der Waals surface area contributed by atoms with Crippen LogP contribution in [0, 0.1) is 0 Å². The van der Waals surface area contributed by atoms with E-state index in [0.717, 1.165) is 0 Å². The highest BCUT2D eigenvalue weighted by Gasteiger charge is 2.21. The highest BCUT2D eigenvalue weighted by Crippen LogP contribution is 2.49. The molecule has 0 aliphatic heterocycles. The summed E-state index contributed by atoms with van der Waals surface area (Å²) in [6.45, 7) is 0. The molecule has 0 fully saturated rings. The lowest BCUT2D eigenvalue weighted by atomic mass is 10.1. The smallest absolute Gasteiger partial charge is 0.155 e. The van der Waals surface area contributed by atoms with Gasteiger partial charge in [0.1, 0.15) is 10.0 Å². The van der Waals surface area contributed by atoms with E-state index in [0.29, 0.717) is 21.2 Å². The second kappa shape index (κ2) is 5.77. The molecule has 0 radical (unpaired) electrons. The van der Waals surface area contributed by atoms with Crippen LogP contribution in [0.4, 0.5) is 0 Å². The number of phenols is 1. The summed E-state index contributed by atoms with van der Waals surface area (Å²) in [7, 11) is 0. The molecule has 1 nitrogen and oxygen atoms in total. The fourth-order valence-corrected chi connectivity index (χ4v) is 3.16. The molecule has 0 saturated heterocycles. The van der Waals surface area contributed by atoms with Crippen LogP contribution < -0.4 is 0 Å². The van der Waals surface area contributed by atoms with Gasteiger partial charge in [-0.15, -0.1) is 0 Å². The topological polar surface area (TPSA) is 20.2 Å². The summed E-state index contributed by atoms with van der Waals surface area (Å²) < 4.78 is 0. The molecule has 2 aromatic carbocycles. The van der Waals surface area contributed by atoms with Crippen molar-refractivity contribution in [3.8, 4) is 16.9 Å². The minimum absolute atomic E-state index is 0.0758. The number of hydrogen-bond donors (Lipinski definition) is 1. The van der Waals surface area contributed by atoms with Crippen LogP contribution in [0.5, 0.6) is 5.75 Å². The molecule has 0 unspecified atom stereocenters. The molecule has 0 aliphatic carbocycles. The molecule has 0 atom stereocenters. The van der Waals surface area contributed by atoms with E-state index in [1.807, 2.05) is 0 Å². The van der Waals surface area contributed by atoms with Crippen molar-refractivity contribution in [3.63, 3.8) is 0 Å². The average molecular weight is 377 g/mol. The van der Waals surface area contributed by atoms with Crippen molar-refractivity contribution < 1.29 is 5.11 Å². The Morgan fingerprint density at radius 2 is 1.05 bits per heavy atom. The number of phenolic OH excluding ortho intramolecular Hbond substituents is 1. The Hall–Kier alpha value is -0.0200. The predicted octanol–water partition coefficient (Wildman–Crippen LogP) is 6.98. The van der Waals surface area contributed by atoms with E-state index in [2.05, 4.69) is 0 Å². The lowest BCUT2D eigenvalue weighted by Crippen LogP contribution is -1.86.